The summed E-state index contributed by atoms with van der Waals surface area (Å²) in [5, 5.41) is 1.02. The van der Waals surface area contributed by atoms with Crippen molar-refractivity contribution < 1.29 is 8.42 Å². The largest absolute Gasteiger partial charge is 0.241 e. The maximum Gasteiger partial charge on any atom is 0.241 e. The molecule has 1 fully saturated rings. The summed E-state index contributed by atoms with van der Waals surface area (Å²) in [5.74, 6) is 0. The third kappa shape index (κ3) is 2.94. The summed E-state index contributed by atoms with van der Waals surface area (Å²) in [7, 11) is -3.57. The van der Waals surface area contributed by atoms with Gasteiger partial charge < -0.3 is 0 Å². The minimum atomic E-state index is -3.57. The first kappa shape index (κ1) is 14.9. The quantitative estimate of drug-likeness (QED) is 0.914. The lowest BCUT2D eigenvalue weighted by molar-refractivity contribution is 0.552. The van der Waals surface area contributed by atoms with E-state index in [4.69, 9.17) is 23.2 Å². The van der Waals surface area contributed by atoms with Gasteiger partial charge in [0.15, 0.2) is 0 Å². The van der Waals surface area contributed by atoms with E-state index < -0.39 is 15.6 Å². The van der Waals surface area contributed by atoms with Crippen molar-refractivity contribution in [2.24, 2.45) is 0 Å². The van der Waals surface area contributed by atoms with E-state index in [9.17, 15) is 8.42 Å². The zero-order valence-corrected chi connectivity index (χ0v) is 13.3. The standard InChI is InChI=1S/C15H13Cl2NO2S/c16-11-6-7-13(14(17)10-11)15(8-9-15)18-21(19,20)12-4-2-1-3-5-12/h1-7,10,18H,8-9H2. The molecule has 0 bridgehead atoms. The van der Waals surface area contributed by atoms with Crippen molar-refractivity contribution in [3.8, 4) is 0 Å². The molecule has 2 aromatic rings. The molecule has 2 aromatic carbocycles. The van der Waals surface area contributed by atoms with E-state index >= 15 is 0 Å². The molecule has 3 rings (SSSR count). The Kier molecular flexibility index (Phi) is 3.74. The number of rotatable bonds is 4. The zero-order chi connectivity index (χ0) is 15.1. The third-order valence-electron chi connectivity index (χ3n) is 3.58. The van der Waals surface area contributed by atoms with Gasteiger partial charge in [-0.1, -0.05) is 47.5 Å². The average molecular weight is 342 g/mol. The highest BCUT2D eigenvalue weighted by Crippen LogP contribution is 2.49. The van der Waals surface area contributed by atoms with Crippen LogP contribution in [0, 0.1) is 0 Å². The minimum Gasteiger partial charge on any atom is -0.207 e. The Morgan fingerprint density at radius 3 is 2.24 bits per heavy atom. The van der Waals surface area contributed by atoms with Crippen LogP contribution in [0.3, 0.4) is 0 Å². The summed E-state index contributed by atoms with van der Waals surface area (Å²) in [6.45, 7) is 0. The molecule has 0 atom stereocenters. The minimum absolute atomic E-state index is 0.251. The van der Waals surface area contributed by atoms with Crippen LogP contribution >= 0.6 is 23.2 Å². The SMILES string of the molecule is O=S(=O)(NC1(c2ccc(Cl)cc2Cl)CC1)c1ccccc1. The van der Waals surface area contributed by atoms with E-state index in [-0.39, 0.29) is 4.90 Å². The highest BCUT2D eigenvalue weighted by molar-refractivity contribution is 7.89. The van der Waals surface area contributed by atoms with Gasteiger partial charge in [-0.25, -0.2) is 13.1 Å². The van der Waals surface area contributed by atoms with Gasteiger partial charge in [0.25, 0.3) is 0 Å². The number of sulfonamides is 1. The number of hydrogen-bond acceptors (Lipinski definition) is 2. The van der Waals surface area contributed by atoms with Crippen molar-refractivity contribution in [2.45, 2.75) is 23.3 Å². The predicted molar refractivity (Wildman–Crippen MR) is 84.1 cm³/mol. The van der Waals surface area contributed by atoms with Crippen LogP contribution in [-0.4, -0.2) is 8.42 Å². The Labute approximate surface area is 133 Å². The highest BCUT2D eigenvalue weighted by atomic mass is 35.5. The van der Waals surface area contributed by atoms with E-state index in [1.165, 1.54) is 0 Å². The van der Waals surface area contributed by atoms with Crippen LogP contribution in [0.15, 0.2) is 53.4 Å². The van der Waals surface area contributed by atoms with Crippen molar-refractivity contribution in [3.05, 3.63) is 64.1 Å². The molecule has 21 heavy (non-hydrogen) atoms. The van der Waals surface area contributed by atoms with E-state index in [0.29, 0.717) is 10.0 Å². The Bertz CT molecular complexity index is 772. The maximum atomic E-state index is 12.5. The van der Waals surface area contributed by atoms with Gasteiger partial charge >= 0.3 is 0 Å². The summed E-state index contributed by atoms with van der Waals surface area (Å²) in [4.78, 5) is 0.251. The van der Waals surface area contributed by atoms with Crippen LogP contribution in [0.25, 0.3) is 0 Å². The third-order valence-corrected chi connectivity index (χ3v) is 5.68. The fraction of sp³-hybridized carbons (Fsp3) is 0.200. The maximum absolute atomic E-state index is 12.5. The van der Waals surface area contributed by atoms with Gasteiger partial charge in [0.05, 0.1) is 10.4 Å². The van der Waals surface area contributed by atoms with Gasteiger partial charge in [-0.15, -0.1) is 0 Å². The lowest BCUT2D eigenvalue weighted by atomic mass is 10.1. The van der Waals surface area contributed by atoms with Crippen LogP contribution in [0.5, 0.6) is 0 Å². The van der Waals surface area contributed by atoms with Crippen molar-refractivity contribution in [1.29, 1.82) is 0 Å². The molecule has 1 N–H and O–H groups in total. The van der Waals surface area contributed by atoms with Crippen LogP contribution in [0.1, 0.15) is 18.4 Å². The van der Waals surface area contributed by atoms with Gasteiger partial charge in [0, 0.05) is 10.0 Å². The van der Waals surface area contributed by atoms with E-state index in [2.05, 4.69) is 4.72 Å². The number of hydrogen-bond donors (Lipinski definition) is 1. The number of nitrogens with one attached hydrogen (secondary N) is 1. The molecular formula is C15H13Cl2NO2S. The molecule has 0 heterocycles. The van der Waals surface area contributed by atoms with Crippen molar-refractivity contribution in [2.75, 3.05) is 0 Å². The normalized spacial score (nSPS) is 16.7. The molecule has 0 saturated heterocycles. The van der Waals surface area contributed by atoms with E-state index in [1.807, 2.05) is 0 Å². The van der Waals surface area contributed by atoms with Gasteiger partial charge in [-0.3, -0.25) is 0 Å². The lowest BCUT2D eigenvalue weighted by Gasteiger charge is -2.19. The Morgan fingerprint density at radius 1 is 1.00 bits per heavy atom. The molecule has 0 aromatic heterocycles. The Morgan fingerprint density at radius 2 is 1.67 bits per heavy atom. The van der Waals surface area contributed by atoms with Gasteiger partial charge in [0.2, 0.25) is 10.0 Å². The lowest BCUT2D eigenvalue weighted by Crippen LogP contribution is -2.35. The Balaban J connectivity index is 1.94. The molecular weight excluding hydrogens is 329 g/mol. The first-order chi connectivity index (χ1) is 9.93. The molecule has 110 valence electrons. The highest BCUT2D eigenvalue weighted by Gasteiger charge is 2.48. The molecule has 0 unspecified atom stereocenters. The monoisotopic (exact) mass is 341 g/mol. The Hall–Kier alpha value is -1.07. The predicted octanol–water partition coefficient (Wildman–Crippen LogP) is 3.96. The second-order valence-corrected chi connectivity index (χ2v) is 7.65. The summed E-state index contributed by atoms with van der Waals surface area (Å²) in [6, 6.07) is 13.5. The summed E-state index contributed by atoms with van der Waals surface area (Å²) in [5.41, 5.74) is 0.157. The molecule has 0 spiro atoms. The molecule has 0 aliphatic heterocycles. The summed E-state index contributed by atoms with van der Waals surface area (Å²) in [6.07, 6.45) is 1.45. The van der Waals surface area contributed by atoms with E-state index in [1.54, 1.807) is 48.5 Å². The fourth-order valence-electron chi connectivity index (χ4n) is 2.34. The summed E-state index contributed by atoms with van der Waals surface area (Å²) < 4.78 is 27.7. The smallest absolute Gasteiger partial charge is 0.207 e. The molecule has 6 heteroatoms. The topological polar surface area (TPSA) is 46.2 Å². The molecule has 0 amide bonds. The molecule has 0 radical (unpaired) electrons. The fourth-order valence-corrected chi connectivity index (χ4v) is 4.40. The zero-order valence-electron chi connectivity index (χ0n) is 11.0. The van der Waals surface area contributed by atoms with Crippen molar-refractivity contribution >= 4 is 33.2 Å². The molecule has 3 nitrogen and oxygen atoms in total. The molecule has 1 aliphatic carbocycles. The van der Waals surface area contributed by atoms with Crippen LogP contribution < -0.4 is 4.72 Å². The van der Waals surface area contributed by atoms with Gasteiger partial charge in [0.1, 0.15) is 0 Å². The summed E-state index contributed by atoms with van der Waals surface area (Å²) >= 11 is 12.1. The molecule has 1 aliphatic rings. The van der Waals surface area contributed by atoms with Crippen LogP contribution in [0.4, 0.5) is 0 Å². The number of halogens is 2. The first-order valence-electron chi connectivity index (χ1n) is 6.48. The second-order valence-electron chi connectivity index (χ2n) is 5.12. The van der Waals surface area contributed by atoms with Gasteiger partial charge in [-0.2, -0.15) is 0 Å². The van der Waals surface area contributed by atoms with Crippen molar-refractivity contribution in [1.82, 2.24) is 4.72 Å². The average Bonchev–Trinajstić information content (AvgIpc) is 3.19. The van der Waals surface area contributed by atoms with Crippen LogP contribution in [-0.2, 0) is 15.6 Å². The molecule has 1 saturated carbocycles. The van der Waals surface area contributed by atoms with Gasteiger partial charge in [-0.05, 0) is 42.7 Å². The first-order valence-corrected chi connectivity index (χ1v) is 8.71. The number of benzene rings is 2. The van der Waals surface area contributed by atoms with Crippen molar-refractivity contribution in [3.63, 3.8) is 0 Å². The second kappa shape index (κ2) is 5.29. The van der Waals surface area contributed by atoms with Crippen LogP contribution in [0.2, 0.25) is 10.0 Å². The van der Waals surface area contributed by atoms with E-state index in [0.717, 1.165) is 18.4 Å².